The van der Waals surface area contributed by atoms with E-state index in [1.165, 1.54) is 11.8 Å². The summed E-state index contributed by atoms with van der Waals surface area (Å²) in [4.78, 5) is 26.8. The highest BCUT2D eigenvalue weighted by atomic mass is 79.9. The Labute approximate surface area is 186 Å². The van der Waals surface area contributed by atoms with Crippen molar-refractivity contribution in [1.29, 1.82) is 0 Å². The molecule has 144 valence electrons. The molecule has 0 unspecified atom stereocenters. The molecule has 3 rings (SSSR count). The van der Waals surface area contributed by atoms with Crippen LogP contribution in [0.25, 0.3) is 6.08 Å². The number of rotatable bonds is 6. The predicted octanol–water partition coefficient (Wildman–Crippen LogP) is 5.72. The number of thiocarbonyl (C=S) groups is 1. The van der Waals surface area contributed by atoms with E-state index in [0.717, 1.165) is 10.0 Å². The lowest BCUT2D eigenvalue weighted by atomic mass is 10.2. The number of thioether (sulfide) groups is 1. The zero-order valence-electron chi connectivity index (χ0n) is 14.7. The molecule has 1 fully saturated rings. The lowest BCUT2D eigenvalue weighted by Gasteiger charge is -2.14. The molecule has 0 aromatic heterocycles. The van der Waals surface area contributed by atoms with Crippen LogP contribution in [0.1, 0.15) is 18.4 Å². The summed E-state index contributed by atoms with van der Waals surface area (Å²) in [6.07, 6.45) is 2.65. The quantitative estimate of drug-likeness (QED) is 0.411. The van der Waals surface area contributed by atoms with Crippen molar-refractivity contribution in [3.8, 4) is 0 Å². The Morgan fingerprint density at radius 2 is 1.86 bits per heavy atom. The molecule has 0 atom stereocenters. The molecular weight excluding hydrogens is 480 g/mol. The van der Waals surface area contributed by atoms with Crippen molar-refractivity contribution in [3.63, 3.8) is 0 Å². The topological polar surface area (TPSA) is 49.4 Å². The summed E-state index contributed by atoms with van der Waals surface area (Å²) >= 11 is 15.8. The van der Waals surface area contributed by atoms with Crippen LogP contribution in [0.4, 0.5) is 5.69 Å². The minimum Gasteiger partial charge on any atom is -0.326 e. The van der Waals surface area contributed by atoms with E-state index < -0.39 is 0 Å². The Morgan fingerprint density at radius 3 is 2.54 bits per heavy atom. The highest BCUT2D eigenvalue weighted by Crippen LogP contribution is 2.32. The van der Waals surface area contributed by atoms with Crippen molar-refractivity contribution in [2.75, 3.05) is 11.9 Å². The number of halogens is 2. The SMILES string of the molecule is O=C(CCCN1C(=O)/C(=C\c2ccc(Br)cc2)SC1=S)Nc1ccc(Cl)cc1. The fourth-order valence-electron chi connectivity index (χ4n) is 2.56. The van der Waals surface area contributed by atoms with Crippen LogP contribution < -0.4 is 5.32 Å². The number of anilines is 1. The number of carbonyl (C=O) groups excluding carboxylic acids is 2. The van der Waals surface area contributed by atoms with E-state index in [1.807, 2.05) is 30.3 Å². The van der Waals surface area contributed by atoms with Crippen molar-refractivity contribution < 1.29 is 9.59 Å². The van der Waals surface area contributed by atoms with Gasteiger partial charge in [0.15, 0.2) is 0 Å². The van der Waals surface area contributed by atoms with Crippen molar-refractivity contribution in [3.05, 3.63) is 68.5 Å². The maximum Gasteiger partial charge on any atom is 0.266 e. The van der Waals surface area contributed by atoms with Gasteiger partial charge >= 0.3 is 0 Å². The number of nitrogens with one attached hydrogen (secondary N) is 1. The highest BCUT2D eigenvalue weighted by molar-refractivity contribution is 9.10. The summed E-state index contributed by atoms with van der Waals surface area (Å²) in [7, 11) is 0. The number of hydrogen-bond acceptors (Lipinski definition) is 4. The first-order valence-electron chi connectivity index (χ1n) is 8.49. The van der Waals surface area contributed by atoms with E-state index >= 15 is 0 Å². The molecule has 8 heteroatoms. The lowest BCUT2D eigenvalue weighted by Crippen LogP contribution is -2.29. The molecule has 2 aromatic rings. The summed E-state index contributed by atoms with van der Waals surface area (Å²) in [5.74, 6) is -0.228. The smallest absolute Gasteiger partial charge is 0.266 e. The van der Waals surface area contributed by atoms with Crippen LogP contribution in [0.3, 0.4) is 0 Å². The molecule has 1 heterocycles. The molecule has 0 aliphatic carbocycles. The van der Waals surface area contributed by atoms with Gasteiger partial charge in [-0.25, -0.2) is 0 Å². The normalized spacial score (nSPS) is 15.4. The van der Waals surface area contributed by atoms with Crippen LogP contribution in [0.5, 0.6) is 0 Å². The molecule has 1 N–H and O–H groups in total. The highest BCUT2D eigenvalue weighted by Gasteiger charge is 2.31. The average molecular weight is 496 g/mol. The van der Waals surface area contributed by atoms with Gasteiger partial charge in [-0.15, -0.1) is 0 Å². The van der Waals surface area contributed by atoms with Gasteiger partial charge in [0.25, 0.3) is 5.91 Å². The first-order chi connectivity index (χ1) is 13.4. The Hall–Kier alpha value is -1.67. The van der Waals surface area contributed by atoms with Gasteiger partial charge in [-0.2, -0.15) is 0 Å². The predicted molar refractivity (Wildman–Crippen MR) is 123 cm³/mol. The molecule has 4 nitrogen and oxygen atoms in total. The molecule has 1 saturated heterocycles. The maximum atomic E-state index is 12.6. The minimum absolute atomic E-state index is 0.113. The third kappa shape index (κ3) is 5.67. The minimum atomic E-state index is -0.115. The van der Waals surface area contributed by atoms with E-state index in [2.05, 4.69) is 21.2 Å². The van der Waals surface area contributed by atoms with E-state index in [4.69, 9.17) is 23.8 Å². The van der Waals surface area contributed by atoms with E-state index in [0.29, 0.717) is 39.3 Å². The van der Waals surface area contributed by atoms with Crippen LogP contribution in [-0.4, -0.2) is 27.6 Å². The zero-order valence-corrected chi connectivity index (χ0v) is 18.6. The second kappa shape index (κ2) is 9.69. The fourth-order valence-corrected chi connectivity index (χ4v) is 4.26. The van der Waals surface area contributed by atoms with Gasteiger partial charge in [0.1, 0.15) is 4.32 Å². The molecule has 1 aliphatic heterocycles. The van der Waals surface area contributed by atoms with Crippen molar-refractivity contribution in [2.24, 2.45) is 0 Å². The van der Waals surface area contributed by atoms with Gasteiger partial charge in [0.2, 0.25) is 5.91 Å². The van der Waals surface area contributed by atoms with Crippen molar-refractivity contribution >= 4 is 79.4 Å². The first kappa shape index (κ1) is 21.0. The Morgan fingerprint density at radius 1 is 1.18 bits per heavy atom. The van der Waals surface area contributed by atoms with Crippen LogP contribution in [0.15, 0.2) is 57.9 Å². The molecule has 28 heavy (non-hydrogen) atoms. The largest absolute Gasteiger partial charge is 0.326 e. The number of nitrogens with zero attached hydrogens (tertiary/aromatic N) is 1. The van der Waals surface area contributed by atoms with Gasteiger partial charge in [-0.3, -0.25) is 14.5 Å². The molecule has 2 aromatic carbocycles. The molecular formula is C20H16BrClN2O2S2. The Balaban J connectivity index is 1.52. The average Bonchev–Trinajstić information content (AvgIpc) is 2.93. The van der Waals surface area contributed by atoms with Crippen molar-refractivity contribution in [2.45, 2.75) is 12.8 Å². The molecule has 0 bridgehead atoms. The van der Waals surface area contributed by atoms with E-state index in [9.17, 15) is 9.59 Å². The Kier molecular flexibility index (Phi) is 7.29. The first-order valence-corrected chi connectivity index (χ1v) is 10.9. The summed E-state index contributed by atoms with van der Waals surface area (Å²) in [5.41, 5.74) is 1.63. The second-order valence-electron chi connectivity index (χ2n) is 6.04. The Bertz CT molecular complexity index is 930. The monoisotopic (exact) mass is 494 g/mol. The number of hydrogen-bond donors (Lipinski definition) is 1. The molecule has 0 radical (unpaired) electrons. The molecule has 0 spiro atoms. The van der Waals surface area contributed by atoms with Crippen LogP contribution in [0.2, 0.25) is 5.02 Å². The summed E-state index contributed by atoms with van der Waals surface area (Å²) in [5, 5.41) is 3.42. The summed E-state index contributed by atoms with van der Waals surface area (Å²) in [6, 6.07) is 14.6. The molecule has 1 aliphatic rings. The van der Waals surface area contributed by atoms with Gasteiger partial charge in [-0.05, 0) is 54.5 Å². The fraction of sp³-hybridized carbons (Fsp3) is 0.150. The second-order valence-corrected chi connectivity index (χ2v) is 9.07. The van der Waals surface area contributed by atoms with Crippen molar-refractivity contribution in [1.82, 2.24) is 4.90 Å². The van der Waals surface area contributed by atoms with Crippen LogP contribution >= 0.6 is 51.5 Å². The van der Waals surface area contributed by atoms with Gasteiger partial charge < -0.3 is 5.32 Å². The lowest BCUT2D eigenvalue weighted by molar-refractivity contribution is -0.122. The number of benzene rings is 2. The van der Waals surface area contributed by atoms with Crippen LogP contribution in [0, 0.1) is 0 Å². The van der Waals surface area contributed by atoms with Crippen LogP contribution in [-0.2, 0) is 9.59 Å². The van der Waals surface area contributed by atoms with E-state index in [1.54, 1.807) is 29.2 Å². The third-order valence-electron chi connectivity index (χ3n) is 3.95. The third-order valence-corrected chi connectivity index (χ3v) is 6.11. The zero-order chi connectivity index (χ0) is 20.1. The maximum absolute atomic E-state index is 12.6. The van der Waals surface area contributed by atoms with Gasteiger partial charge in [0, 0.05) is 28.1 Å². The summed E-state index contributed by atoms with van der Waals surface area (Å²) < 4.78 is 1.50. The van der Waals surface area contributed by atoms with E-state index in [-0.39, 0.29) is 11.8 Å². The van der Waals surface area contributed by atoms with Gasteiger partial charge in [-0.1, -0.05) is 63.6 Å². The molecule has 2 amide bonds. The number of carbonyl (C=O) groups is 2. The van der Waals surface area contributed by atoms with Gasteiger partial charge in [0.05, 0.1) is 4.91 Å². The number of amides is 2. The molecule has 0 saturated carbocycles. The standard InChI is InChI=1S/C20H16BrClN2O2S2/c21-14-5-3-13(4-6-14)12-17-19(26)24(20(27)28-17)11-1-2-18(25)23-16-9-7-15(22)8-10-16/h3-10,12H,1-2,11H2,(H,23,25)/b17-12+. The summed E-state index contributed by atoms with van der Waals surface area (Å²) in [6.45, 7) is 0.413.